The Morgan fingerprint density at radius 2 is 1.64 bits per heavy atom. The second-order valence-corrected chi connectivity index (χ2v) is 7.99. The number of hydrogen-bond acceptors (Lipinski definition) is 4. The van der Waals surface area contributed by atoms with Crippen LogP contribution in [0, 0.1) is 0 Å². The second-order valence-electron chi connectivity index (χ2n) is 6.56. The molecule has 1 aliphatic heterocycles. The molecule has 7 heteroatoms. The largest absolute Gasteiger partial charge is 0.497 e. The molecule has 144 valence electrons. The van der Waals surface area contributed by atoms with Crippen LogP contribution >= 0.6 is 22.9 Å². The van der Waals surface area contributed by atoms with E-state index in [4.69, 9.17) is 16.3 Å². The van der Waals surface area contributed by atoms with Gasteiger partial charge >= 0.3 is 0 Å². The molecule has 4 rings (SSSR count). The molecule has 0 N–H and O–H groups in total. The molecule has 0 saturated carbocycles. The highest BCUT2D eigenvalue weighted by Gasteiger charge is 2.28. The number of amides is 2. The predicted molar refractivity (Wildman–Crippen MR) is 112 cm³/mol. The molecule has 1 aromatic heterocycles. The molecule has 2 amide bonds. The number of thiophene rings is 1. The van der Waals surface area contributed by atoms with Crippen LogP contribution in [0.4, 0.5) is 0 Å². The third-order valence-corrected chi connectivity index (χ3v) is 6.56. The first kappa shape index (κ1) is 18.8. The van der Waals surface area contributed by atoms with E-state index in [1.54, 1.807) is 35.1 Å². The third-order valence-electron chi connectivity index (χ3n) is 4.90. The van der Waals surface area contributed by atoms with Gasteiger partial charge in [-0.3, -0.25) is 9.59 Å². The monoisotopic (exact) mass is 414 g/mol. The molecule has 1 saturated heterocycles. The predicted octanol–water partition coefficient (Wildman–Crippen LogP) is 4.16. The number of rotatable bonds is 3. The highest BCUT2D eigenvalue weighted by molar-refractivity contribution is 7.21. The number of piperazine rings is 1. The molecule has 1 aliphatic rings. The fraction of sp³-hybridized carbons (Fsp3) is 0.238. The SMILES string of the molecule is COc1cccc(C(=O)N2CCN(C(=O)c3sc4ccccc4c3Cl)CC2)c1. The van der Waals surface area contributed by atoms with Gasteiger partial charge in [-0.05, 0) is 24.3 Å². The van der Waals surface area contributed by atoms with Crippen molar-refractivity contribution < 1.29 is 14.3 Å². The van der Waals surface area contributed by atoms with Crippen molar-refractivity contribution in [3.05, 3.63) is 64.0 Å². The zero-order valence-electron chi connectivity index (χ0n) is 15.4. The Labute approximate surface area is 172 Å². The summed E-state index contributed by atoms with van der Waals surface area (Å²) >= 11 is 7.86. The number of carbonyl (C=O) groups is 2. The number of nitrogens with zero attached hydrogens (tertiary/aromatic N) is 2. The Kier molecular flexibility index (Phi) is 5.24. The first-order chi connectivity index (χ1) is 13.6. The summed E-state index contributed by atoms with van der Waals surface area (Å²) in [5.41, 5.74) is 0.590. The van der Waals surface area contributed by atoms with Crippen molar-refractivity contribution in [3.63, 3.8) is 0 Å². The molecule has 2 aromatic carbocycles. The molecule has 3 aromatic rings. The molecule has 0 atom stereocenters. The highest BCUT2D eigenvalue weighted by Crippen LogP contribution is 2.36. The number of hydrogen-bond donors (Lipinski definition) is 0. The summed E-state index contributed by atoms with van der Waals surface area (Å²) in [7, 11) is 1.58. The van der Waals surface area contributed by atoms with E-state index in [0.29, 0.717) is 47.4 Å². The average molecular weight is 415 g/mol. The van der Waals surface area contributed by atoms with Gasteiger partial charge in [0.15, 0.2) is 0 Å². The number of methoxy groups -OCH3 is 1. The number of fused-ring (bicyclic) bond motifs is 1. The van der Waals surface area contributed by atoms with Gasteiger partial charge in [0.25, 0.3) is 11.8 Å². The number of benzene rings is 2. The quantitative estimate of drug-likeness (QED) is 0.646. The standard InChI is InChI=1S/C21H19ClN2O3S/c1-27-15-6-4-5-14(13-15)20(25)23-9-11-24(12-10-23)21(26)19-18(22)16-7-2-3-8-17(16)28-19/h2-8,13H,9-12H2,1H3. The molecule has 0 bridgehead atoms. The fourth-order valence-electron chi connectivity index (χ4n) is 3.35. The molecule has 5 nitrogen and oxygen atoms in total. The molecule has 28 heavy (non-hydrogen) atoms. The summed E-state index contributed by atoms with van der Waals surface area (Å²) in [6, 6.07) is 14.9. The van der Waals surface area contributed by atoms with E-state index in [1.165, 1.54) is 11.3 Å². The summed E-state index contributed by atoms with van der Waals surface area (Å²) < 4.78 is 6.19. The van der Waals surface area contributed by atoms with Crippen molar-refractivity contribution in [2.45, 2.75) is 0 Å². The first-order valence-electron chi connectivity index (χ1n) is 8.98. The van der Waals surface area contributed by atoms with Crippen LogP contribution in [-0.4, -0.2) is 54.9 Å². The lowest BCUT2D eigenvalue weighted by molar-refractivity contribution is 0.0538. The van der Waals surface area contributed by atoms with Crippen LogP contribution in [0.2, 0.25) is 5.02 Å². The topological polar surface area (TPSA) is 49.9 Å². The number of halogens is 1. The normalized spacial score (nSPS) is 14.4. The van der Waals surface area contributed by atoms with Crippen LogP contribution in [-0.2, 0) is 0 Å². The van der Waals surface area contributed by atoms with E-state index >= 15 is 0 Å². The van der Waals surface area contributed by atoms with E-state index in [2.05, 4.69) is 0 Å². The second kappa shape index (κ2) is 7.81. The van der Waals surface area contributed by atoms with Crippen LogP contribution in [0.15, 0.2) is 48.5 Å². The fourth-order valence-corrected chi connectivity index (χ4v) is 4.83. The van der Waals surface area contributed by atoms with Gasteiger partial charge in [0, 0.05) is 41.8 Å². The number of carbonyl (C=O) groups excluding carboxylic acids is 2. The van der Waals surface area contributed by atoms with Gasteiger partial charge in [-0.2, -0.15) is 0 Å². The Hall–Kier alpha value is -2.57. The van der Waals surface area contributed by atoms with Crippen molar-refractivity contribution >= 4 is 44.8 Å². The lowest BCUT2D eigenvalue weighted by Crippen LogP contribution is -2.50. The first-order valence-corrected chi connectivity index (χ1v) is 10.2. The van der Waals surface area contributed by atoms with E-state index in [9.17, 15) is 9.59 Å². The maximum absolute atomic E-state index is 13.0. The summed E-state index contributed by atoms with van der Waals surface area (Å²) in [5.74, 6) is 0.532. The van der Waals surface area contributed by atoms with E-state index in [0.717, 1.165) is 10.1 Å². The van der Waals surface area contributed by atoms with Gasteiger partial charge < -0.3 is 14.5 Å². The van der Waals surface area contributed by atoms with Gasteiger partial charge in [0.1, 0.15) is 10.6 Å². The summed E-state index contributed by atoms with van der Waals surface area (Å²) in [6.07, 6.45) is 0. The van der Waals surface area contributed by atoms with Crippen LogP contribution < -0.4 is 4.74 Å². The van der Waals surface area contributed by atoms with Crippen molar-refractivity contribution in [2.75, 3.05) is 33.3 Å². The lowest BCUT2D eigenvalue weighted by atomic mass is 10.1. The molecule has 0 aliphatic carbocycles. The minimum Gasteiger partial charge on any atom is -0.497 e. The van der Waals surface area contributed by atoms with E-state index in [-0.39, 0.29) is 11.8 Å². The highest BCUT2D eigenvalue weighted by atomic mass is 35.5. The van der Waals surface area contributed by atoms with E-state index < -0.39 is 0 Å². The van der Waals surface area contributed by atoms with Crippen molar-refractivity contribution in [1.82, 2.24) is 9.80 Å². The molecule has 0 spiro atoms. The number of ether oxygens (including phenoxy) is 1. The zero-order valence-corrected chi connectivity index (χ0v) is 16.9. The maximum atomic E-state index is 13.0. The molecule has 0 radical (unpaired) electrons. The third kappa shape index (κ3) is 3.45. The van der Waals surface area contributed by atoms with Crippen molar-refractivity contribution in [1.29, 1.82) is 0 Å². The summed E-state index contributed by atoms with van der Waals surface area (Å²) in [4.78, 5) is 29.8. The Morgan fingerprint density at radius 1 is 0.964 bits per heavy atom. The Morgan fingerprint density at radius 3 is 2.32 bits per heavy atom. The van der Waals surface area contributed by atoms with Crippen molar-refractivity contribution in [3.8, 4) is 5.75 Å². The van der Waals surface area contributed by atoms with Gasteiger partial charge in [-0.15, -0.1) is 11.3 Å². The maximum Gasteiger partial charge on any atom is 0.265 e. The smallest absolute Gasteiger partial charge is 0.265 e. The lowest BCUT2D eigenvalue weighted by Gasteiger charge is -2.34. The zero-order chi connectivity index (χ0) is 19.7. The van der Waals surface area contributed by atoms with Crippen LogP contribution in [0.5, 0.6) is 5.75 Å². The van der Waals surface area contributed by atoms with Crippen LogP contribution in [0.1, 0.15) is 20.0 Å². The van der Waals surface area contributed by atoms with Crippen LogP contribution in [0.3, 0.4) is 0 Å². The Bertz CT molecular complexity index is 1040. The summed E-state index contributed by atoms with van der Waals surface area (Å²) in [5, 5.41) is 1.42. The Balaban J connectivity index is 1.45. The molecule has 2 heterocycles. The van der Waals surface area contributed by atoms with Gasteiger partial charge in [-0.1, -0.05) is 35.9 Å². The minimum absolute atomic E-state index is 0.0501. The molecule has 0 unspecified atom stereocenters. The minimum atomic E-state index is -0.0697. The van der Waals surface area contributed by atoms with Gasteiger partial charge in [0.05, 0.1) is 12.1 Å². The van der Waals surface area contributed by atoms with Gasteiger partial charge in [-0.25, -0.2) is 0 Å². The molecular weight excluding hydrogens is 396 g/mol. The average Bonchev–Trinajstić information content (AvgIpc) is 3.09. The molecule has 1 fully saturated rings. The molecular formula is C21H19ClN2O3S. The van der Waals surface area contributed by atoms with Gasteiger partial charge in [0.2, 0.25) is 0 Å². The van der Waals surface area contributed by atoms with Crippen LogP contribution in [0.25, 0.3) is 10.1 Å². The van der Waals surface area contributed by atoms with Crippen molar-refractivity contribution in [2.24, 2.45) is 0 Å². The summed E-state index contributed by atoms with van der Waals surface area (Å²) in [6.45, 7) is 1.95. The van der Waals surface area contributed by atoms with E-state index in [1.807, 2.05) is 30.3 Å².